The number of aromatic nitrogens is 2. The van der Waals surface area contributed by atoms with Gasteiger partial charge in [-0.25, -0.2) is 4.98 Å². The van der Waals surface area contributed by atoms with Crippen LogP contribution in [0, 0.1) is 26.2 Å². The molecule has 6 nitrogen and oxygen atoms in total. The van der Waals surface area contributed by atoms with Crippen LogP contribution in [0.2, 0.25) is 0 Å². The van der Waals surface area contributed by atoms with Crippen molar-refractivity contribution in [2.45, 2.75) is 60.3 Å². The molecule has 1 aromatic carbocycles. The maximum absolute atomic E-state index is 11.8. The maximum Gasteiger partial charge on any atom is 0.307 e. The molecule has 0 saturated carbocycles. The van der Waals surface area contributed by atoms with Crippen molar-refractivity contribution in [2.24, 2.45) is 5.41 Å². The molecule has 1 N–H and O–H groups in total. The number of rotatable bonds is 8. The highest BCUT2D eigenvalue weighted by molar-refractivity contribution is 7.09. The molecule has 0 radical (unpaired) electrons. The summed E-state index contributed by atoms with van der Waals surface area (Å²) in [6, 6.07) is 8.09. The van der Waals surface area contributed by atoms with Gasteiger partial charge in [0.05, 0.1) is 29.4 Å². The van der Waals surface area contributed by atoms with Crippen LogP contribution in [-0.4, -0.2) is 40.7 Å². The molecule has 0 spiro atoms. The van der Waals surface area contributed by atoms with Crippen LogP contribution in [0.1, 0.15) is 54.3 Å². The van der Waals surface area contributed by atoms with Crippen molar-refractivity contribution >= 4 is 23.0 Å². The zero-order chi connectivity index (χ0) is 25.2. The van der Waals surface area contributed by atoms with E-state index in [1.807, 2.05) is 32.9 Å². The topological polar surface area (TPSA) is 75.5 Å². The first-order valence-corrected chi connectivity index (χ1v) is 13.1. The number of piperidine rings is 1. The highest BCUT2D eigenvalue weighted by Crippen LogP contribution is 2.41. The summed E-state index contributed by atoms with van der Waals surface area (Å²) >= 11 is 1.66. The van der Waals surface area contributed by atoms with Gasteiger partial charge in [-0.05, 0) is 56.7 Å². The average Bonchev–Trinajstić information content (AvgIpc) is 3.21. The van der Waals surface area contributed by atoms with E-state index in [9.17, 15) is 9.90 Å². The third-order valence-corrected chi connectivity index (χ3v) is 7.68. The Kier molecular flexibility index (Phi) is 7.45. The van der Waals surface area contributed by atoms with Crippen molar-refractivity contribution in [1.29, 1.82) is 0 Å². The third-order valence-electron chi connectivity index (χ3n) is 6.85. The Morgan fingerprint density at radius 2 is 1.77 bits per heavy atom. The van der Waals surface area contributed by atoms with E-state index in [0.29, 0.717) is 12.0 Å². The minimum Gasteiger partial charge on any atom is -0.493 e. The van der Waals surface area contributed by atoms with Gasteiger partial charge < -0.3 is 14.7 Å². The van der Waals surface area contributed by atoms with Crippen LogP contribution in [0.3, 0.4) is 0 Å². The number of thiazole rings is 1. The quantitative estimate of drug-likeness (QED) is 0.414. The molecule has 3 aromatic rings. The van der Waals surface area contributed by atoms with Crippen molar-refractivity contribution in [3.8, 4) is 16.9 Å². The van der Waals surface area contributed by atoms with Gasteiger partial charge in [0.1, 0.15) is 5.75 Å². The van der Waals surface area contributed by atoms with E-state index >= 15 is 0 Å². The van der Waals surface area contributed by atoms with Gasteiger partial charge in [0, 0.05) is 47.4 Å². The van der Waals surface area contributed by atoms with Crippen molar-refractivity contribution in [1.82, 2.24) is 9.97 Å². The number of hydrogen-bond acceptors (Lipinski definition) is 6. The summed E-state index contributed by atoms with van der Waals surface area (Å²) < 4.78 is 5.97. The van der Waals surface area contributed by atoms with Crippen LogP contribution >= 0.6 is 11.3 Å². The second-order valence-electron chi connectivity index (χ2n) is 10.2. The summed E-state index contributed by atoms with van der Waals surface area (Å²) in [5.41, 5.74) is 6.98. The van der Waals surface area contributed by atoms with Gasteiger partial charge in [-0.15, -0.1) is 11.3 Å². The van der Waals surface area contributed by atoms with Gasteiger partial charge in [0.2, 0.25) is 0 Å². The molecule has 0 aliphatic carbocycles. The van der Waals surface area contributed by atoms with Crippen LogP contribution in [0.4, 0.5) is 5.69 Å². The van der Waals surface area contributed by atoms with Crippen LogP contribution < -0.4 is 9.64 Å². The Balaban J connectivity index is 1.63. The predicted molar refractivity (Wildman–Crippen MR) is 142 cm³/mol. The number of anilines is 1. The molecule has 35 heavy (non-hydrogen) atoms. The molecule has 1 fully saturated rings. The third kappa shape index (κ3) is 6.01. The summed E-state index contributed by atoms with van der Waals surface area (Å²) in [6.07, 6.45) is 2.90. The lowest BCUT2D eigenvalue weighted by Crippen LogP contribution is -2.38. The predicted octanol–water partition coefficient (Wildman–Crippen LogP) is 6.01. The lowest BCUT2D eigenvalue weighted by molar-refractivity contribution is -0.136. The van der Waals surface area contributed by atoms with E-state index in [1.165, 1.54) is 0 Å². The van der Waals surface area contributed by atoms with E-state index in [0.717, 1.165) is 82.6 Å². The molecule has 0 unspecified atom stereocenters. The lowest BCUT2D eigenvalue weighted by atomic mass is 9.82. The first kappa shape index (κ1) is 25.2. The molecule has 1 saturated heterocycles. The second-order valence-corrected chi connectivity index (χ2v) is 11.2. The van der Waals surface area contributed by atoms with Crippen LogP contribution in [0.15, 0.2) is 29.6 Å². The monoisotopic (exact) mass is 493 g/mol. The number of aliphatic carboxylic acids is 1. The number of pyridine rings is 1. The smallest absolute Gasteiger partial charge is 0.307 e. The number of hydrogen-bond donors (Lipinski definition) is 1. The fraction of sp³-hybridized carbons (Fsp3) is 0.464. The summed E-state index contributed by atoms with van der Waals surface area (Å²) in [6.45, 7) is 13.0. The summed E-state index contributed by atoms with van der Waals surface area (Å²) in [7, 11) is 0. The molecule has 7 heteroatoms. The summed E-state index contributed by atoms with van der Waals surface area (Å²) in [5.74, 6) is -0.0206. The number of benzene rings is 1. The highest BCUT2D eigenvalue weighted by atomic mass is 32.1. The van der Waals surface area contributed by atoms with Crippen molar-refractivity contribution in [3.05, 3.63) is 57.3 Å². The van der Waals surface area contributed by atoms with E-state index in [4.69, 9.17) is 9.72 Å². The first-order valence-electron chi connectivity index (χ1n) is 12.2. The SMILES string of the molecule is Cc1nc(CCOc2ccc(-c3c(C)nc(C)c(CC(=O)O)c3N3CCC(C)(C)CC3)cc2)cs1. The van der Waals surface area contributed by atoms with E-state index in [2.05, 4.69) is 41.2 Å². The lowest BCUT2D eigenvalue weighted by Gasteiger charge is -2.40. The van der Waals surface area contributed by atoms with Crippen LogP contribution in [0.5, 0.6) is 5.75 Å². The molecule has 0 bridgehead atoms. The van der Waals surface area contributed by atoms with E-state index < -0.39 is 5.97 Å². The van der Waals surface area contributed by atoms with Gasteiger partial charge in [-0.1, -0.05) is 26.0 Å². The van der Waals surface area contributed by atoms with Crippen molar-refractivity contribution in [2.75, 3.05) is 24.6 Å². The largest absolute Gasteiger partial charge is 0.493 e. The Bertz CT molecular complexity index is 1190. The normalized spacial score (nSPS) is 15.3. The molecule has 3 heterocycles. The fourth-order valence-electron chi connectivity index (χ4n) is 4.78. The number of carbonyl (C=O) groups is 1. The Labute approximate surface area is 212 Å². The Morgan fingerprint density at radius 1 is 1.09 bits per heavy atom. The molecule has 4 rings (SSSR count). The molecule has 2 aromatic heterocycles. The van der Waals surface area contributed by atoms with Crippen molar-refractivity contribution in [3.63, 3.8) is 0 Å². The maximum atomic E-state index is 11.8. The number of aryl methyl sites for hydroxylation is 3. The minimum absolute atomic E-state index is 0.0291. The molecule has 0 amide bonds. The molecule has 1 aliphatic heterocycles. The summed E-state index contributed by atoms with van der Waals surface area (Å²) in [5, 5.41) is 12.8. The number of carboxylic acids is 1. The first-order chi connectivity index (χ1) is 16.6. The van der Waals surface area contributed by atoms with Gasteiger partial charge >= 0.3 is 5.97 Å². The Hall–Kier alpha value is -2.93. The zero-order valence-corrected chi connectivity index (χ0v) is 22.2. The zero-order valence-electron chi connectivity index (χ0n) is 21.4. The van der Waals surface area contributed by atoms with Gasteiger partial charge in [0.25, 0.3) is 0 Å². The number of carboxylic acid groups (broad SMARTS) is 1. The van der Waals surface area contributed by atoms with Crippen LogP contribution in [0.25, 0.3) is 11.1 Å². The standard InChI is InChI=1S/C28H35N3O3S/c1-18-24(16-25(32)33)27(31-13-11-28(4,5)12-14-31)26(19(2)29-18)21-6-8-23(9-7-21)34-15-10-22-17-35-20(3)30-22/h6-9,17H,10-16H2,1-5H3,(H,32,33). The highest BCUT2D eigenvalue weighted by Gasteiger charge is 2.30. The van der Waals surface area contributed by atoms with E-state index in [-0.39, 0.29) is 6.42 Å². The van der Waals surface area contributed by atoms with Gasteiger partial charge in [-0.3, -0.25) is 9.78 Å². The molecular formula is C28H35N3O3S. The van der Waals surface area contributed by atoms with E-state index in [1.54, 1.807) is 11.3 Å². The van der Waals surface area contributed by atoms with Gasteiger partial charge in [0.15, 0.2) is 0 Å². The van der Waals surface area contributed by atoms with Gasteiger partial charge in [-0.2, -0.15) is 0 Å². The molecule has 186 valence electrons. The average molecular weight is 494 g/mol. The molecular weight excluding hydrogens is 458 g/mol. The minimum atomic E-state index is -0.831. The Morgan fingerprint density at radius 3 is 2.37 bits per heavy atom. The van der Waals surface area contributed by atoms with Crippen molar-refractivity contribution < 1.29 is 14.6 Å². The fourth-order valence-corrected chi connectivity index (χ4v) is 5.42. The molecule has 1 aliphatic rings. The van der Waals surface area contributed by atoms with Crippen LogP contribution in [-0.2, 0) is 17.6 Å². The molecule has 0 atom stereocenters. The second kappa shape index (κ2) is 10.4. The number of nitrogens with zero attached hydrogens (tertiary/aromatic N) is 3. The summed E-state index contributed by atoms with van der Waals surface area (Å²) in [4.78, 5) is 23.4. The number of ether oxygens (including phenoxy) is 1.